The fourth-order valence-corrected chi connectivity index (χ4v) is 4.15. The molecule has 1 aromatic carbocycles. The minimum atomic E-state index is 0.460. The van der Waals surface area contributed by atoms with Crippen molar-refractivity contribution in [2.75, 3.05) is 38.2 Å². The van der Waals surface area contributed by atoms with Crippen LogP contribution in [-0.4, -0.2) is 44.4 Å². The van der Waals surface area contributed by atoms with Crippen molar-refractivity contribution < 1.29 is 9.26 Å². The van der Waals surface area contributed by atoms with Gasteiger partial charge in [0.1, 0.15) is 12.3 Å². The average molecular weight is 428 g/mol. The van der Waals surface area contributed by atoms with Crippen LogP contribution < -0.4 is 20.3 Å². The predicted molar refractivity (Wildman–Crippen MR) is 126 cm³/mol. The van der Waals surface area contributed by atoms with Gasteiger partial charge >= 0.3 is 0 Å². The van der Waals surface area contributed by atoms with Crippen molar-refractivity contribution in [3.63, 3.8) is 0 Å². The number of nitrogens with one attached hydrogen (secondary N) is 2. The Bertz CT molecular complexity index is 831. The van der Waals surface area contributed by atoms with E-state index in [4.69, 9.17) is 14.3 Å². The molecule has 2 aromatic rings. The first-order valence-electron chi connectivity index (χ1n) is 11.5. The van der Waals surface area contributed by atoms with E-state index in [0.29, 0.717) is 18.4 Å². The maximum absolute atomic E-state index is 5.53. The van der Waals surface area contributed by atoms with Crippen LogP contribution in [0.1, 0.15) is 57.4 Å². The summed E-state index contributed by atoms with van der Waals surface area (Å²) in [6.45, 7) is 10.7. The number of anilines is 1. The molecular formula is C24H37N5O2. The van der Waals surface area contributed by atoms with Gasteiger partial charge in [0.2, 0.25) is 0 Å². The van der Waals surface area contributed by atoms with E-state index in [1.807, 2.05) is 18.2 Å². The number of benzene rings is 1. The Morgan fingerprint density at radius 1 is 1.26 bits per heavy atom. The number of guanidine groups is 1. The van der Waals surface area contributed by atoms with Crippen LogP contribution in [0, 0.1) is 5.92 Å². The smallest absolute Gasteiger partial charge is 0.191 e. The zero-order valence-corrected chi connectivity index (χ0v) is 19.4. The van der Waals surface area contributed by atoms with Gasteiger partial charge < -0.3 is 24.8 Å². The van der Waals surface area contributed by atoms with Crippen LogP contribution in [0.15, 0.2) is 39.8 Å². The van der Waals surface area contributed by atoms with E-state index < -0.39 is 0 Å². The van der Waals surface area contributed by atoms with E-state index in [9.17, 15) is 0 Å². The molecule has 0 saturated carbocycles. The Balaban J connectivity index is 1.54. The first-order valence-corrected chi connectivity index (χ1v) is 11.5. The Hall–Kier alpha value is -2.70. The van der Waals surface area contributed by atoms with Gasteiger partial charge in [0.15, 0.2) is 11.7 Å². The summed E-state index contributed by atoms with van der Waals surface area (Å²) in [6.07, 6.45) is 3.29. The largest absolute Gasteiger partial charge is 0.495 e. The second kappa shape index (κ2) is 11.6. The van der Waals surface area contributed by atoms with Gasteiger partial charge in [0.05, 0.1) is 18.5 Å². The molecule has 170 valence electrons. The normalized spacial score (nSPS) is 16.7. The zero-order valence-electron chi connectivity index (χ0n) is 19.4. The minimum Gasteiger partial charge on any atom is -0.495 e. The number of methoxy groups -OCH3 is 1. The van der Waals surface area contributed by atoms with Gasteiger partial charge in [-0.25, -0.2) is 4.99 Å². The summed E-state index contributed by atoms with van der Waals surface area (Å²) in [5, 5.41) is 11.1. The Morgan fingerprint density at radius 3 is 2.81 bits per heavy atom. The molecule has 1 aromatic heterocycles. The second-order valence-electron chi connectivity index (χ2n) is 8.08. The van der Waals surface area contributed by atoms with Crippen LogP contribution in [0.2, 0.25) is 0 Å². The highest BCUT2D eigenvalue weighted by Gasteiger charge is 2.24. The Labute approximate surface area is 186 Å². The number of aliphatic imine (C=N–C) groups is 1. The minimum absolute atomic E-state index is 0.460. The van der Waals surface area contributed by atoms with E-state index in [0.717, 1.165) is 68.6 Å². The molecule has 0 bridgehead atoms. The Kier molecular flexibility index (Phi) is 8.62. The lowest BCUT2D eigenvalue weighted by atomic mass is 9.99. The maximum atomic E-state index is 5.53. The number of aromatic nitrogens is 1. The third-order valence-corrected chi connectivity index (χ3v) is 5.99. The van der Waals surface area contributed by atoms with E-state index in [2.05, 4.69) is 53.6 Å². The number of ether oxygens (including phenoxy) is 1. The number of hydrogen-bond acceptors (Lipinski definition) is 5. The molecule has 7 heteroatoms. The summed E-state index contributed by atoms with van der Waals surface area (Å²) in [4.78, 5) is 7.11. The Morgan fingerprint density at radius 2 is 2.06 bits per heavy atom. The molecule has 0 radical (unpaired) electrons. The van der Waals surface area contributed by atoms with Gasteiger partial charge in [-0.3, -0.25) is 0 Å². The highest BCUT2D eigenvalue weighted by molar-refractivity contribution is 5.79. The van der Waals surface area contributed by atoms with Crippen LogP contribution in [0.25, 0.3) is 0 Å². The quantitative estimate of drug-likeness (QED) is 0.438. The zero-order chi connectivity index (χ0) is 22.1. The molecule has 7 nitrogen and oxygen atoms in total. The molecule has 2 N–H and O–H groups in total. The van der Waals surface area contributed by atoms with E-state index in [-0.39, 0.29) is 0 Å². The van der Waals surface area contributed by atoms with Crippen molar-refractivity contribution in [1.29, 1.82) is 0 Å². The third kappa shape index (κ3) is 6.15. The number of hydrogen-bond donors (Lipinski definition) is 2. The molecule has 2 heterocycles. The summed E-state index contributed by atoms with van der Waals surface area (Å²) in [6, 6.07) is 10.3. The standard InChI is InChI=1S/C24H37N5O2/c1-5-19(6-2)21-14-20(31-28-21)16-27-24(25-7-3)26-15-18-12-13-29(17-18)22-10-8-9-11-23(22)30-4/h8-11,14,18-19H,5-7,12-13,15-17H2,1-4H3,(H2,25,26,27). The highest BCUT2D eigenvalue weighted by Crippen LogP contribution is 2.31. The van der Waals surface area contributed by atoms with Gasteiger partial charge in [0.25, 0.3) is 0 Å². The van der Waals surface area contributed by atoms with Gasteiger partial charge in [-0.05, 0) is 44.2 Å². The lowest BCUT2D eigenvalue weighted by Crippen LogP contribution is -2.40. The monoisotopic (exact) mass is 427 g/mol. The van der Waals surface area contributed by atoms with Crippen molar-refractivity contribution in [2.24, 2.45) is 10.9 Å². The summed E-state index contributed by atoms with van der Waals surface area (Å²) in [5.41, 5.74) is 2.21. The van der Waals surface area contributed by atoms with Crippen molar-refractivity contribution in [3.8, 4) is 5.75 Å². The predicted octanol–water partition coefficient (Wildman–Crippen LogP) is 4.17. The molecule has 0 spiro atoms. The molecule has 1 atom stereocenters. The first kappa shape index (κ1) is 23.0. The summed E-state index contributed by atoms with van der Waals surface area (Å²) >= 11 is 0. The van der Waals surface area contributed by atoms with Crippen molar-refractivity contribution in [3.05, 3.63) is 41.8 Å². The van der Waals surface area contributed by atoms with E-state index in [1.54, 1.807) is 7.11 Å². The summed E-state index contributed by atoms with van der Waals surface area (Å²) in [7, 11) is 1.73. The average Bonchev–Trinajstić information content (AvgIpc) is 3.46. The molecule has 1 saturated heterocycles. The molecular weight excluding hydrogens is 390 g/mol. The molecule has 1 fully saturated rings. The van der Waals surface area contributed by atoms with Gasteiger partial charge in [-0.2, -0.15) is 0 Å². The van der Waals surface area contributed by atoms with Crippen LogP contribution in [0.3, 0.4) is 0 Å². The molecule has 3 rings (SSSR count). The SMILES string of the molecule is CCNC(=NCc1cc(C(CC)CC)no1)NCC1CCN(c2ccccc2OC)C1. The molecule has 1 aliphatic heterocycles. The van der Waals surface area contributed by atoms with Crippen molar-refractivity contribution in [2.45, 2.75) is 52.5 Å². The highest BCUT2D eigenvalue weighted by atomic mass is 16.5. The number of rotatable bonds is 10. The molecule has 0 amide bonds. The molecule has 1 unspecified atom stereocenters. The van der Waals surface area contributed by atoms with Crippen molar-refractivity contribution in [1.82, 2.24) is 15.8 Å². The van der Waals surface area contributed by atoms with Crippen LogP contribution >= 0.6 is 0 Å². The molecule has 1 aliphatic rings. The molecule has 31 heavy (non-hydrogen) atoms. The lowest BCUT2D eigenvalue weighted by molar-refractivity contribution is 0.372. The van der Waals surface area contributed by atoms with Crippen LogP contribution in [0.4, 0.5) is 5.69 Å². The van der Waals surface area contributed by atoms with Crippen LogP contribution in [-0.2, 0) is 6.54 Å². The summed E-state index contributed by atoms with van der Waals surface area (Å²) in [5.74, 6) is 3.58. The number of nitrogens with zero attached hydrogens (tertiary/aromatic N) is 3. The van der Waals surface area contributed by atoms with Gasteiger partial charge in [-0.1, -0.05) is 31.1 Å². The molecule has 0 aliphatic carbocycles. The maximum Gasteiger partial charge on any atom is 0.191 e. The van der Waals surface area contributed by atoms with E-state index >= 15 is 0 Å². The van der Waals surface area contributed by atoms with Crippen LogP contribution in [0.5, 0.6) is 5.75 Å². The first-order chi connectivity index (χ1) is 15.2. The van der Waals surface area contributed by atoms with Gasteiger partial charge in [0, 0.05) is 38.2 Å². The fraction of sp³-hybridized carbons (Fsp3) is 0.583. The second-order valence-corrected chi connectivity index (χ2v) is 8.08. The topological polar surface area (TPSA) is 74.9 Å². The fourth-order valence-electron chi connectivity index (χ4n) is 4.15. The van der Waals surface area contributed by atoms with Crippen molar-refractivity contribution >= 4 is 11.6 Å². The lowest BCUT2D eigenvalue weighted by Gasteiger charge is -2.21. The third-order valence-electron chi connectivity index (χ3n) is 5.99. The number of para-hydroxylation sites is 2. The van der Waals surface area contributed by atoms with E-state index in [1.165, 1.54) is 5.69 Å². The van der Waals surface area contributed by atoms with Gasteiger partial charge in [-0.15, -0.1) is 0 Å². The summed E-state index contributed by atoms with van der Waals surface area (Å²) < 4.78 is 11.0.